The Morgan fingerprint density at radius 3 is 2.77 bits per heavy atom. The second-order valence-electron chi connectivity index (χ2n) is 7.76. The molecule has 2 aliphatic heterocycles. The molecule has 0 spiro atoms. The number of aromatic hydroxyl groups is 1. The van der Waals surface area contributed by atoms with E-state index in [1.807, 2.05) is 13.8 Å². The number of carbonyl (C=O) groups is 2. The minimum Gasteiger partial charge on any atom is -0.503 e. The van der Waals surface area contributed by atoms with Gasteiger partial charge < -0.3 is 24.6 Å². The predicted octanol–water partition coefficient (Wildman–Crippen LogP) is 1.74. The van der Waals surface area contributed by atoms with Gasteiger partial charge in [-0.1, -0.05) is 13.0 Å². The number of nitrogens with one attached hydrogen (secondary N) is 1. The van der Waals surface area contributed by atoms with Crippen molar-refractivity contribution in [2.45, 2.75) is 45.2 Å². The lowest BCUT2D eigenvalue weighted by Crippen LogP contribution is -2.55. The van der Waals surface area contributed by atoms with E-state index in [1.165, 1.54) is 21.7 Å². The number of halogens is 2. The van der Waals surface area contributed by atoms with Crippen LogP contribution < -0.4 is 10.7 Å². The standard InChI is InChI=1S/C21H21F2N3O5/c1-3-21-10-25-9-14(19(29)24-7-12-4-5-13(22)6-15(12)23)17(27)18(28)16(25)20(30)26(21)8-11(2)31-21/h4-6,9,11,28H,3,7-8,10H2,1-2H3,(H,24,29)/t11-,21?/m1/s1. The Balaban J connectivity index is 1.66. The molecule has 2 N–H and O–H groups in total. The molecule has 4 rings (SSSR count). The van der Waals surface area contributed by atoms with Gasteiger partial charge in [-0.15, -0.1) is 0 Å². The summed E-state index contributed by atoms with van der Waals surface area (Å²) in [6, 6.07) is 2.92. The number of ether oxygens (including phenoxy) is 1. The van der Waals surface area contributed by atoms with E-state index in [4.69, 9.17) is 4.74 Å². The van der Waals surface area contributed by atoms with Crippen LogP contribution in [-0.4, -0.2) is 44.8 Å². The van der Waals surface area contributed by atoms with Gasteiger partial charge in [0.15, 0.2) is 17.2 Å². The number of carbonyl (C=O) groups excluding carboxylic acids is 2. The average molecular weight is 433 g/mol. The first kappa shape index (κ1) is 21.0. The van der Waals surface area contributed by atoms with Gasteiger partial charge in [0.1, 0.15) is 17.2 Å². The highest BCUT2D eigenvalue weighted by molar-refractivity contribution is 5.99. The summed E-state index contributed by atoms with van der Waals surface area (Å²) in [5.74, 6) is -3.83. The molecule has 3 heterocycles. The van der Waals surface area contributed by atoms with E-state index < -0.39 is 45.9 Å². The van der Waals surface area contributed by atoms with Crippen molar-refractivity contribution in [3.8, 4) is 5.75 Å². The molecule has 1 aromatic carbocycles. The minimum absolute atomic E-state index is 0.0288. The SMILES string of the molecule is CCC12Cn3cc(C(=O)NCc4ccc(F)cc4F)c(=O)c(O)c3C(=O)N1C[C@@H](C)O2. The molecule has 10 heteroatoms. The van der Waals surface area contributed by atoms with Crippen molar-refractivity contribution >= 4 is 11.8 Å². The van der Waals surface area contributed by atoms with Crippen LogP contribution in [0.3, 0.4) is 0 Å². The Kier molecular flexibility index (Phi) is 5.04. The maximum atomic E-state index is 13.8. The van der Waals surface area contributed by atoms with Crippen LogP contribution in [0.4, 0.5) is 8.78 Å². The molecule has 8 nitrogen and oxygen atoms in total. The summed E-state index contributed by atoms with van der Waals surface area (Å²) in [6.45, 7) is 3.85. The third-order valence-electron chi connectivity index (χ3n) is 5.73. The number of amides is 2. The zero-order valence-electron chi connectivity index (χ0n) is 16.9. The lowest BCUT2D eigenvalue weighted by atomic mass is 10.0. The average Bonchev–Trinajstić information content (AvgIpc) is 3.06. The highest BCUT2D eigenvalue weighted by atomic mass is 19.1. The van der Waals surface area contributed by atoms with Gasteiger partial charge >= 0.3 is 0 Å². The van der Waals surface area contributed by atoms with Crippen LogP contribution in [0, 0.1) is 11.6 Å². The van der Waals surface area contributed by atoms with E-state index in [0.29, 0.717) is 19.0 Å². The molecule has 2 aliphatic rings. The summed E-state index contributed by atoms with van der Waals surface area (Å²) in [5, 5.41) is 12.8. The number of aromatic nitrogens is 1. The zero-order valence-corrected chi connectivity index (χ0v) is 16.9. The molecular formula is C21H21F2N3O5. The Morgan fingerprint density at radius 2 is 2.10 bits per heavy atom. The van der Waals surface area contributed by atoms with Gasteiger partial charge in [0.2, 0.25) is 5.43 Å². The van der Waals surface area contributed by atoms with Crippen molar-refractivity contribution in [1.29, 1.82) is 0 Å². The molecule has 1 unspecified atom stereocenters. The molecule has 0 saturated carbocycles. The van der Waals surface area contributed by atoms with Crippen LogP contribution in [-0.2, 0) is 17.8 Å². The van der Waals surface area contributed by atoms with Gasteiger partial charge in [0, 0.05) is 30.9 Å². The molecule has 164 valence electrons. The number of benzene rings is 1. The largest absolute Gasteiger partial charge is 0.503 e. The Bertz CT molecular complexity index is 1150. The molecule has 0 radical (unpaired) electrons. The number of nitrogens with zero attached hydrogens (tertiary/aromatic N) is 2. The Morgan fingerprint density at radius 1 is 1.35 bits per heavy atom. The number of hydrogen-bond donors (Lipinski definition) is 2. The summed E-state index contributed by atoms with van der Waals surface area (Å²) in [6.07, 6.45) is 1.45. The fourth-order valence-electron chi connectivity index (χ4n) is 4.17. The van der Waals surface area contributed by atoms with Crippen LogP contribution in [0.15, 0.2) is 29.2 Å². The number of pyridine rings is 1. The molecule has 1 saturated heterocycles. The quantitative estimate of drug-likeness (QED) is 0.765. The van der Waals surface area contributed by atoms with Gasteiger partial charge in [0.25, 0.3) is 11.8 Å². The third-order valence-corrected chi connectivity index (χ3v) is 5.73. The topological polar surface area (TPSA) is 101 Å². The van der Waals surface area contributed by atoms with Crippen molar-refractivity contribution in [2.24, 2.45) is 0 Å². The maximum Gasteiger partial charge on any atom is 0.276 e. The molecule has 2 atom stereocenters. The highest BCUT2D eigenvalue weighted by Gasteiger charge is 2.51. The van der Waals surface area contributed by atoms with Gasteiger partial charge in [-0.2, -0.15) is 0 Å². The number of rotatable bonds is 4. The second-order valence-corrected chi connectivity index (χ2v) is 7.76. The molecule has 31 heavy (non-hydrogen) atoms. The normalized spacial score (nSPS) is 22.3. The second kappa shape index (κ2) is 7.45. The van der Waals surface area contributed by atoms with E-state index in [1.54, 1.807) is 0 Å². The van der Waals surface area contributed by atoms with Crippen molar-refractivity contribution in [2.75, 3.05) is 6.54 Å². The molecule has 1 aromatic heterocycles. The lowest BCUT2D eigenvalue weighted by molar-refractivity contribution is -0.108. The summed E-state index contributed by atoms with van der Waals surface area (Å²) in [4.78, 5) is 39.7. The summed E-state index contributed by atoms with van der Waals surface area (Å²) >= 11 is 0. The highest BCUT2D eigenvalue weighted by Crippen LogP contribution is 2.38. The van der Waals surface area contributed by atoms with Crippen molar-refractivity contribution < 1.29 is 28.2 Å². The predicted molar refractivity (Wildman–Crippen MR) is 105 cm³/mol. The number of hydrogen-bond acceptors (Lipinski definition) is 5. The first-order valence-electron chi connectivity index (χ1n) is 9.85. The first-order chi connectivity index (χ1) is 14.7. The zero-order chi connectivity index (χ0) is 22.5. The Labute approximate surface area is 176 Å². The molecule has 2 aromatic rings. The fourth-order valence-corrected chi connectivity index (χ4v) is 4.17. The lowest BCUT2D eigenvalue weighted by Gasteiger charge is -2.41. The molecule has 0 aliphatic carbocycles. The van der Waals surface area contributed by atoms with E-state index in [9.17, 15) is 28.3 Å². The molecular weight excluding hydrogens is 412 g/mol. The van der Waals surface area contributed by atoms with Crippen molar-refractivity contribution in [3.05, 3.63) is 63.1 Å². The Hall–Kier alpha value is -3.27. The summed E-state index contributed by atoms with van der Waals surface area (Å²) in [5.41, 5.74) is -2.51. The summed E-state index contributed by atoms with van der Waals surface area (Å²) < 4.78 is 34.2. The summed E-state index contributed by atoms with van der Waals surface area (Å²) in [7, 11) is 0. The molecule has 0 bridgehead atoms. The smallest absolute Gasteiger partial charge is 0.276 e. The van der Waals surface area contributed by atoms with Gasteiger partial charge in [-0.05, 0) is 19.4 Å². The van der Waals surface area contributed by atoms with Crippen LogP contribution in [0.5, 0.6) is 5.75 Å². The monoisotopic (exact) mass is 433 g/mol. The van der Waals surface area contributed by atoms with Gasteiger partial charge in [-0.25, -0.2) is 8.78 Å². The van der Waals surface area contributed by atoms with Crippen LogP contribution >= 0.6 is 0 Å². The molecule has 1 fully saturated rings. The van der Waals surface area contributed by atoms with Gasteiger partial charge in [-0.3, -0.25) is 14.4 Å². The third kappa shape index (κ3) is 3.36. The van der Waals surface area contributed by atoms with E-state index in [2.05, 4.69) is 5.32 Å². The van der Waals surface area contributed by atoms with E-state index in [0.717, 1.165) is 6.07 Å². The number of fused-ring (bicyclic) bond motifs is 2. The van der Waals surface area contributed by atoms with Crippen molar-refractivity contribution in [3.63, 3.8) is 0 Å². The fraction of sp³-hybridized carbons (Fsp3) is 0.381. The van der Waals surface area contributed by atoms with Crippen molar-refractivity contribution in [1.82, 2.24) is 14.8 Å². The van der Waals surface area contributed by atoms with Crippen LogP contribution in [0.25, 0.3) is 0 Å². The first-order valence-corrected chi connectivity index (χ1v) is 9.85. The maximum absolute atomic E-state index is 13.8. The molecule has 2 amide bonds. The van der Waals surface area contributed by atoms with Gasteiger partial charge in [0.05, 0.1) is 12.6 Å². The minimum atomic E-state index is -1.01. The van der Waals surface area contributed by atoms with E-state index in [-0.39, 0.29) is 30.5 Å². The van der Waals surface area contributed by atoms with E-state index >= 15 is 0 Å². The van der Waals surface area contributed by atoms with Crippen LogP contribution in [0.2, 0.25) is 0 Å². The van der Waals surface area contributed by atoms with Crippen LogP contribution in [0.1, 0.15) is 46.7 Å².